The normalized spacial score (nSPS) is 37.3. The molecule has 0 saturated heterocycles. The zero-order chi connectivity index (χ0) is 26.4. The lowest BCUT2D eigenvalue weighted by atomic mass is 9.61. The summed E-state index contributed by atoms with van der Waals surface area (Å²) in [5.41, 5.74) is 3.39. The van der Waals surface area contributed by atoms with Gasteiger partial charge in [0.2, 0.25) is 0 Å². The third kappa shape index (κ3) is 5.09. The van der Waals surface area contributed by atoms with Crippen molar-refractivity contribution in [3.05, 3.63) is 63.7 Å². The van der Waals surface area contributed by atoms with Crippen molar-refractivity contribution in [2.75, 3.05) is 0 Å². The second-order valence-electron chi connectivity index (χ2n) is 12.5. The number of hydrogen-bond donors (Lipinski definition) is 3. The molecule has 0 unspecified atom stereocenters. The van der Waals surface area contributed by atoms with Crippen molar-refractivity contribution >= 4 is 11.3 Å². The molecule has 0 radical (unpaired) electrons. The van der Waals surface area contributed by atoms with Gasteiger partial charge in [-0.05, 0) is 92.1 Å². The number of thiazole rings is 1. The molecule has 37 heavy (non-hydrogen) atoms. The maximum absolute atomic E-state index is 11.2. The van der Waals surface area contributed by atoms with Crippen molar-refractivity contribution in [2.24, 2.45) is 23.2 Å². The molecule has 3 N–H and O–H groups in total. The maximum atomic E-state index is 11.2. The van der Waals surface area contributed by atoms with Crippen molar-refractivity contribution < 1.29 is 15.3 Å². The minimum atomic E-state index is -0.636. The summed E-state index contributed by atoms with van der Waals surface area (Å²) < 4.78 is 0. The first-order chi connectivity index (χ1) is 17.7. The fourth-order valence-corrected chi connectivity index (χ4v) is 8.81. The van der Waals surface area contributed by atoms with E-state index in [4.69, 9.17) is 0 Å². The molecule has 4 fully saturated rings. The lowest BCUT2D eigenvalue weighted by Crippen LogP contribution is -2.35. The Kier molecular flexibility index (Phi) is 7.72. The van der Waals surface area contributed by atoms with Crippen LogP contribution < -0.4 is 0 Å². The third-order valence-corrected chi connectivity index (χ3v) is 11.6. The Hall–Kier alpha value is -1.53. The second kappa shape index (κ2) is 10.6. The van der Waals surface area contributed by atoms with Crippen LogP contribution in [0.25, 0.3) is 0 Å². The van der Waals surface area contributed by atoms with E-state index in [1.54, 1.807) is 11.3 Å². The molecule has 0 spiro atoms. The predicted octanol–water partition coefficient (Wildman–Crippen LogP) is 6.43. The Balaban J connectivity index is 1.28. The van der Waals surface area contributed by atoms with Gasteiger partial charge in [-0.1, -0.05) is 57.2 Å². The monoisotopic (exact) mass is 523 g/mol. The van der Waals surface area contributed by atoms with Crippen LogP contribution in [0.5, 0.6) is 0 Å². The first-order valence-corrected chi connectivity index (χ1v) is 15.3. The van der Waals surface area contributed by atoms with Gasteiger partial charge in [-0.25, -0.2) is 4.98 Å². The Morgan fingerprint density at radius 1 is 1.19 bits per heavy atom. The lowest BCUT2D eigenvalue weighted by Gasteiger charge is -2.44. The molecule has 4 saturated carbocycles. The summed E-state index contributed by atoms with van der Waals surface area (Å²) >= 11 is 1.77. The van der Waals surface area contributed by atoms with Crippen molar-refractivity contribution in [1.29, 1.82) is 0 Å². The summed E-state index contributed by atoms with van der Waals surface area (Å²) in [5, 5.41) is 32.6. The molecule has 202 valence electrons. The summed E-state index contributed by atoms with van der Waals surface area (Å²) in [6.45, 7) is 11.1. The quantitative estimate of drug-likeness (QED) is 0.360. The minimum Gasteiger partial charge on any atom is -0.393 e. The summed E-state index contributed by atoms with van der Waals surface area (Å²) in [6.07, 6.45) is 19.2. The molecule has 5 heteroatoms. The van der Waals surface area contributed by atoms with Gasteiger partial charge >= 0.3 is 0 Å². The summed E-state index contributed by atoms with van der Waals surface area (Å²) in [4.78, 5) is 5.96. The van der Waals surface area contributed by atoms with Gasteiger partial charge in [-0.2, -0.15) is 0 Å². The average Bonchev–Trinajstić information content (AvgIpc) is 3.39. The topological polar surface area (TPSA) is 73.6 Å². The summed E-state index contributed by atoms with van der Waals surface area (Å²) in [6, 6.07) is 0. The van der Waals surface area contributed by atoms with Crippen LogP contribution in [0.1, 0.15) is 88.4 Å². The molecule has 0 amide bonds. The molecule has 1 aromatic rings. The van der Waals surface area contributed by atoms with Gasteiger partial charge in [0, 0.05) is 17.5 Å². The Morgan fingerprint density at radius 3 is 2.68 bits per heavy atom. The molecule has 0 bridgehead atoms. The van der Waals surface area contributed by atoms with Gasteiger partial charge in [0.25, 0.3) is 0 Å². The van der Waals surface area contributed by atoms with E-state index >= 15 is 0 Å². The molecule has 0 aliphatic heterocycles. The van der Waals surface area contributed by atoms with Crippen LogP contribution in [0.3, 0.4) is 0 Å². The molecule has 1 heterocycles. The number of aliphatic hydroxyl groups excluding tert-OH is 3. The van der Waals surface area contributed by atoms with Gasteiger partial charge in [-0.15, -0.1) is 11.3 Å². The van der Waals surface area contributed by atoms with Gasteiger partial charge in [0.15, 0.2) is 0 Å². The van der Waals surface area contributed by atoms with Crippen molar-refractivity contribution in [2.45, 2.75) is 109 Å². The molecule has 7 atom stereocenters. The largest absolute Gasteiger partial charge is 0.393 e. The van der Waals surface area contributed by atoms with Crippen LogP contribution in [-0.2, 0) is 11.8 Å². The van der Waals surface area contributed by atoms with Crippen LogP contribution in [0.15, 0.2) is 53.8 Å². The highest BCUT2D eigenvalue weighted by Crippen LogP contribution is 2.60. The highest BCUT2D eigenvalue weighted by molar-refractivity contribution is 7.11. The third-order valence-electron chi connectivity index (χ3n) is 10.2. The summed E-state index contributed by atoms with van der Waals surface area (Å²) in [5.74, 6) is 1.60. The van der Waals surface area contributed by atoms with Crippen LogP contribution >= 0.6 is 11.3 Å². The SMILES string of the molecule is C=C1/C(=C\C=C2/CCC[C@]3(C)[C@@H]([C@H](C)/C=C/[C@@H](O)C4(c5ncc(CC)s5)CC4)CC[C@@H]23)C[C@@H](O)C[C@@H]1O. The molecule has 1 aromatic heterocycles. The Labute approximate surface area is 226 Å². The zero-order valence-electron chi connectivity index (χ0n) is 22.8. The number of allylic oxidation sites excluding steroid dienone is 4. The molecular formula is C32H45NO3S. The van der Waals surface area contributed by atoms with E-state index in [2.05, 4.69) is 56.6 Å². The number of aryl methyl sites for hydroxylation is 1. The van der Waals surface area contributed by atoms with Crippen LogP contribution in [-0.4, -0.2) is 38.6 Å². The lowest BCUT2D eigenvalue weighted by molar-refractivity contribution is 0.0862. The molecular weight excluding hydrogens is 478 g/mol. The summed E-state index contributed by atoms with van der Waals surface area (Å²) in [7, 11) is 0. The van der Waals surface area contributed by atoms with E-state index in [9.17, 15) is 15.3 Å². The number of aromatic nitrogens is 1. The van der Waals surface area contributed by atoms with Gasteiger partial charge in [0.05, 0.1) is 23.7 Å². The molecule has 4 nitrogen and oxygen atoms in total. The number of fused-ring (bicyclic) bond motifs is 1. The van der Waals surface area contributed by atoms with Crippen molar-refractivity contribution in [3.63, 3.8) is 0 Å². The van der Waals surface area contributed by atoms with Crippen LogP contribution in [0.4, 0.5) is 0 Å². The smallest absolute Gasteiger partial charge is 0.102 e. The highest BCUT2D eigenvalue weighted by atomic mass is 32.1. The predicted molar refractivity (Wildman–Crippen MR) is 151 cm³/mol. The molecule has 4 aliphatic carbocycles. The molecule has 0 aromatic carbocycles. The van der Waals surface area contributed by atoms with E-state index in [-0.39, 0.29) is 10.8 Å². The maximum Gasteiger partial charge on any atom is 0.102 e. The Morgan fingerprint density at radius 2 is 1.97 bits per heavy atom. The second-order valence-corrected chi connectivity index (χ2v) is 13.6. The molecule has 4 aliphatic rings. The fraction of sp³-hybridized carbons (Fsp3) is 0.656. The van der Waals surface area contributed by atoms with E-state index < -0.39 is 18.3 Å². The average molecular weight is 524 g/mol. The molecule has 5 rings (SSSR count). The van der Waals surface area contributed by atoms with E-state index in [0.717, 1.165) is 41.8 Å². The van der Waals surface area contributed by atoms with Crippen molar-refractivity contribution in [3.8, 4) is 0 Å². The number of rotatable bonds is 7. The van der Waals surface area contributed by atoms with Gasteiger partial charge in [0.1, 0.15) is 5.01 Å². The zero-order valence-corrected chi connectivity index (χ0v) is 23.6. The fourth-order valence-electron chi connectivity index (χ4n) is 7.68. The number of hydrogen-bond acceptors (Lipinski definition) is 5. The van der Waals surface area contributed by atoms with E-state index in [1.807, 2.05) is 6.20 Å². The van der Waals surface area contributed by atoms with Crippen molar-refractivity contribution in [1.82, 2.24) is 4.98 Å². The van der Waals surface area contributed by atoms with E-state index in [0.29, 0.717) is 30.6 Å². The highest BCUT2D eigenvalue weighted by Gasteiger charge is 2.53. The Bertz CT molecular complexity index is 1100. The standard InChI is InChI=1S/C32H45NO3S/c1-5-25-19-33-30(37-25)32(15-16-32)29(36)13-8-20(2)26-11-12-27-22(7-6-14-31(26,27)4)9-10-23-17-24(34)18-28(35)21(23)3/h8-10,13,19-20,24,26-29,34-36H,3,5-7,11-12,14-18H2,1-2,4H3/b13-8+,22-9+,23-10-/t20-,24-,26-,27+,28+,29-,31-/m1/s1. The van der Waals surface area contributed by atoms with Gasteiger partial charge < -0.3 is 15.3 Å². The van der Waals surface area contributed by atoms with E-state index in [1.165, 1.54) is 36.1 Å². The van der Waals surface area contributed by atoms with Crippen LogP contribution in [0, 0.1) is 23.2 Å². The van der Waals surface area contributed by atoms with Gasteiger partial charge in [-0.3, -0.25) is 0 Å². The minimum absolute atomic E-state index is 0.158. The number of aliphatic hydroxyl groups is 3. The first-order valence-electron chi connectivity index (χ1n) is 14.4. The van der Waals surface area contributed by atoms with Crippen LogP contribution in [0.2, 0.25) is 0 Å². The number of nitrogens with zero attached hydrogens (tertiary/aromatic N) is 1. The first kappa shape index (κ1) is 27.1.